The number of amides is 1. The van der Waals surface area contributed by atoms with Crippen LogP contribution in [0.15, 0.2) is 72.8 Å². The molecule has 0 fully saturated rings. The van der Waals surface area contributed by atoms with Gasteiger partial charge in [0.15, 0.2) is 6.61 Å². The molecule has 0 radical (unpaired) electrons. The molecule has 1 amide bonds. The van der Waals surface area contributed by atoms with Crippen LogP contribution in [0.5, 0.6) is 0 Å². The van der Waals surface area contributed by atoms with E-state index in [1.807, 2.05) is 30.3 Å². The number of ether oxygens (including phenoxy) is 1. The number of benzene rings is 3. The van der Waals surface area contributed by atoms with Crippen LogP contribution in [0.1, 0.15) is 10.4 Å². The predicted molar refractivity (Wildman–Crippen MR) is 102 cm³/mol. The summed E-state index contributed by atoms with van der Waals surface area (Å²) in [6.07, 6.45) is 0. The van der Waals surface area contributed by atoms with Crippen molar-refractivity contribution in [1.82, 2.24) is 0 Å². The largest absolute Gasteiger partial charge is 0.452 e. The summed E-state index contributed by atoms with van der Waals surface area (Å²) in [5.74, 6) is -1.93. The van der Waals surface area contributed by atoms with Crippen LogP contribution in [0.2, 0.25) is 5.02 Å². The lowest BCUT2D eigenvalue weighted by Crippen LogP contribution is -2.21. The van der Waals surface area contributed by atoms with Gasteiger partial charge in [-0.1, -0.05) is 54.1 Å². The second-order valence-corrected chi connectivity index (χ2v) is 6.13. The van der Waals surface area contributed by atoms with Crippen molar-refractivity contribution in [2.45, 2.75) is 0 Å². The monoisotopic (exact) mass is 383 g/mol. The number of hydrogen-bond donors (Lipinski definition) is 1. The molecule has 0 saturated carbocycles. The fourth-order valence-electron chi connectivity index (χ4n) is 2.42. The maximum absolute atomic E-state index is 13.6. The van der Waals surface area contributed by atoms with E-state index in [1.54, 1.807) is 24.3 Å². The summed E-state index contributed by atoms with van der Waals surface area (Å²) in [7, 11) is 0. The molecule has 3 aromatic carbocycles. The molecular weight excluding hydrogens is 369 g/mol. The predicted octanol–water partition coefficient (Wildman–Crippen LogP) is 4.94. The second-order valence-electron chi connectivity index (χ2n) is 5.69. The Morgan fingerprint density at radius 2 is 1.59 bits per heavy atom. The van der Waals surface area contributed by atoms with E-state index in [9.17, 15) is 14.0 Å². The first kappa shape index (κ1) is 18.6. The molecule has 3 rings (SSSR count). The van der Waals surface area contributed by atoms with Crippen LogP contribution in [-0.2, 0) is 9.53 Å². The van der Waals surface area contributed by atoms with E-state index in [4.69, 9.17) is 16.3 Å². The Labute approximate surface area is 160 Å². The zero-order valence-corrected chi connectivity index (χ0v) is 14.9. The average Bonchev–Trinajstić information content (AvgIpc) is 2.70. The van der Waals surface area contributed by atoms with Crippen LogP contribution < -0.4 is 5.32 Å². The van der Waals surface area contributed by atoms with Gasteiger partial charge in [0.1, 0.15) is 5.82 Å². The van der Waals surface area contributed by atoms with Gasteiger partial charge in [-0.25, -0.2) is 9.18 Å². The van der Waals surface area contributed by atoms with Crippen LogP contribution in [0.25, 0.3) is 11.1 Å². The fraction of sp³-hybridized carbons (Fsp3) is 0.0476. The van der Waals surface area contributed by atoms with Crippen LogP contribution in [0.3, 0.4) is 0 Å². The Morgan fingerprint density at radius 3 is 2.30 bits per heavy atom. The number of rotatable bonds is 5. The summed E-state index contributed by atoms with van der Waals surface area (Å²) < 4.78 is 18.6. The van der Waals surface area contributed by atoms with Crippen molar-refractivity contribution in [3.8, 4) is 11.1 Å². The Bertz CT molecular complexity index is 959. The van der Waals surface area contributed by atoms with E-state index in [1.165, 1.54) is 12.1 Å². The molecule has 3 aromatic rings. The lowest BCUT2D eigenvalue weighted by molar-refractivity contribution is -0.119. The highest BCUT2D eigenvalue weighted by molar-refractivity contribution is 6.30. The zero-order chi connectivity index (χ0) is 19.2. The molecule has 0 aliphatic carbocycles. The number of anilines is 1. The first-order valence-corrected chi connectivity index (χ1v) is 8.48. The number of halogens is 2. The minimum absolute atomic E-state index is 0.0734. The van der Waals surface area contributed by atoms with Crippen LogP contribution in [0, 0.1) is 5.82 Å². The van der Waals surface area contributed by atoms with Gasteiger partial charge in [-0.3, -0.25) is 4.79 Å². The molecule has 0 saturated heterocycles. The van der Waals surface area contributed by atoms with Gasteiger partial charge in [-0.2, -0.15) is 0 Å². The number of hydrogen-bond acceptors (Lipinski definition) is 3. The highest BCUT2D eigenvalue weighted by Crippen LogP contribution is 2.20. The minimum atomic E-state index is -0.662. The first-order valence-electron chi connectivity index (χ1n) is 8.10. The average molecular weight is 384 g/mol. The topological polar surface area (TPSA) is 55.4 Å². The highest BCUT2D eigenvalue weighted by Gasteiger charge is 2.12. The van der Waals surface area contributed by atoms with Crippen molar-refractivity contribution in [1.29, 1.82) is 0 Å². The van der Waals surface area contributed by atoms with Crippen molar-refractivity contribution < 1.29 is 18.7 Å². The molecular formula is C21H15ClFNO3. The maximum Gasteiger partial charge on any atom is 0.338 e. The van der Waals surface area contributed by atoms with Crippen molar-refractivity contribution in [2.75, 3.05) is 11.9 Å². The molecule has 0 unspecified atom stereocenters. The Kier molecular flexibility index (Phi) is 5.84. The molecule has 136 valence electrons. The molecule has 0 aliphatic heterocycles. The van der Waals surface area contributed by atoms with Gasteiger partial charge in [0.25, 0.3) is 5.91 Å². The molecule has 27 heavy (non-hydrogen) atoms. The third-order valence-corrected chi connectivity index (χ3v) is 4.00. The van der Waals surface area contributed by atoms with Gasteiger partial charge in [0, 0.05) is 5.02 Å². The van der Waals surface area contributed by atoms with Gasteiger partial charge < -0.3 is 10.1 Å². The van der Waals surface area contributed by atoms with Crippen molar-refractivity contribution in [3.63, 3.8) is 0 Å². The first-order chi connectivity index (χ1) is 13.0. The third kappa shape index (κ3) is 4.92. The van der Waals surface area contributed by atoms with Crippen LogP contribution in [0.4, 0.5) is 10.1 Å². The zero-order valence-electron chi connectivity index (χ0n) is 14.1. The summed E-state index contributed by atoms with van der Waals surface area (Å²) in [5, 5.41) is 2.59. The molecule has 0 atom stereocenters. The smallest absolute Gasteiger partial charge is 0.338 e. The Morgan fingerprint density at radius 1 is 0.926 bits per heavy atom. The van der Waals surface area contributed by atoms with E-state index in [2.05, 4.69) is 5.32 Å². The highest BCUT2D eigenvalue weighted by atomic mass is 35.5. The normalized spacial score (nSPS) is 10.3. The SMILES string of the molecule is O=C(COC(=O)c1ccc(-c2ccccc2)cc1)Nc1cc(Cl)ccc1F. The van der Waals surface area contributed by atoms with E-state index < -0.39 is 24.3 Å². The van der Waals surface area contributed by atoms with Crippen molar-refractivity contribution in [3.05, 3.63) is 89.2 Å². The lowest BCUT2D eigenvalue weighted by atomic mass is 10.0. The Balaban J connectivity index is 1.57. The van der Waals surface area contributed by atoms with Crippen molar-refractivity contribution >= 4 is 29.2 Å². The third-order valence-electron chi connectivity index (χ3n) is 3.76. The molecule has 0 heterocycles. The lowest BCUT2D eigenvalue weighted by Gasteiger charge is -2.08. The summed E-state index contributed by atoms with van der Waals surface area (Å²) in [6.45, 7) is -0.536. The quantitative estimate of drug-likeness (QED) is 0.635. The molecule has 0 aliphatic rings. The van der Waals surface area contributed by atoms with E-state index >= 15 is 0 Å². The van der Waals surface area contributed by atoms with Gasteiger partial charge >= 0.3 is 5.97 Å². The van der Waals surface area contributed by atoms with Crippen LogP contribution in [-0.4, -0.2) is 18.5 Å². The summed E-state index contributed by atoms with van der Waals surface area (Å²) >= 11 is 5.76. The van der Waals surface area contributed by atoms with Gasteiger partial charge in [0.2, 0.25) is 0 Å². The molecule has 0 spiro atoms. The van der Waals surface area contributed by atoms with Gasteiger partial charge in [-0.15, -0.1) is 0 Å². The van der Waals surface area contributed by atoms with Gasteiger partial charge in [-0.05, 0) is 41.5 Å². The van der Waals surface area contributed by atoms with E-state index in [0.717, 1.165) is 17.2 Å². The second kappa shape index (κ2) is 8.47. The standard InChI is InChI=1S/C21H15ClFNO3/c22-17-10-11-18(23)19(12-17)24-20(25)13-27-21(26)16-8-6-15(7-9-16)14-4-2-1-3-5-14/h1-12H,13H2,(H,24,25). The minimum Gasteiger partial charge on any atom is -0.452 e. The summed E-state index contributed by atoms with van der Waals surface area (Å²) in [5.41, 5.74) is 2.23. The molecule has 0 aromatic heterocycles. The molecule has 1 N–H and O–H groups in total. The number of carbonyl (C=O) groups is 2. The summed E-state index contributed by atoms with van der Waals surface area (Å²) in [6, 6.07) is 20.3. The van der Waals surface area contributed by atoms with Gasteiger partial charge in [0.05, 0.1) is 11.3 Å². The molecule has 6 heteroatoms. The number of esters is 1. The molecule has 0 bridgehead atoms. The fourth-order valence-corrected chi connectivity index (χ4v) is 2.60. The number of nitrogens with one attached hydrogen (secondary N) is 1. The van der Waals surface area contributed by atoms with E-state index in [-0.39, 0.29) is 10.7 Å². The number of carbonyl (C=O) groups excluding carboxylic acids is 2. The maximum atomic E-state index is 13.6. The van der Waals surface area contributed by atoms with E-state index in [0.29, 0.717) is 5.56 Å². The van der Waals surface area contributed by atoms with Crippen molar-refractivity contribution in [2.24, 2.45) is 0 Å². The summed E-state index contributed by atoms with van der Waals surface area (Å²) in [4.78, 5) is 23.9. The van der Waals surface area contributed by atoms with Crippen LogP contribution >= 0.6 is 11.6 Å². The molecule has 4 nitrogen and oxygen atoms in total. The Hall–Kier alpha value is -3.18.